The van der Waals surface area contributed by atoms with E-state index in [1.165, 1.54) is 6.07 Å². The summed E-state index contributed by atoms with van der Waals surface area (Å²) in [6.45, 7) is 0. The quantitative estimate of drug-likeness (QED) is 0.806. The third-order valence-corrected chi connectivity index (χ3v) is 2.69. The maximum Gasteiger partial charge on any atom is 0.343 e. The minimum atomic E-state index is -2.08. The fourth-order valence-electron chi connectivity index (χ4n) is 1.98. The van der Waals surface area contributed by atoms with Crippen molar-refractivity contribution in [2.24, 2.45) is 0 Å². The molecule has 1 aliphatic rings. The second-order valence-electron chi connectivity index (χ2n) is 3.71. The molecule has 0 heterocycles. The predicted octanol–water partition coefficient (Wildman–Crippen LogP) is 2.14. The summed E-state index contributed by atoms with van der Waals surface area (Å²) in [5, 5.41) is 18.3. The van der Waals surface area contributed by atoms with Gasteiger partial charge in [0.2, 0.25) is 6.17 Å². The van der Waals surface area contributed by atoms with Crippen LogP contribution in [0.4, 0.5) is 4.39 Å². The molecule has 1 aromatic rings. The normalized spacial score (nSPS) is 16.2. The molecule has 0 saturated carbocycles. The zero-order valence-electron chi connectivity index (χ0n) is 8.48. The lowest BCUT2D eigenvalue weighted by Crippen LogP contribution is -2.19. The Morgan fingerprint density at radius 1 is 1.44 bits per heavy atom. The first-order valence-corrected chi connectivity index (χ1v) is 4.99. The number of carboxylic acids is 1. The average Bonchev–Trinajstić information content (AvgIpc) is 2.27. The van der Waals surface area contributed by atoms with Gasteiger partial charge in [0.1, 0.15) is 5.75 Å². The number of phenolic OH excluding ortho intramolecular Hbond substituents is 1. The Balaban J connectivity index is 2.51. The molecule has 0 aromatic heterocycles. The smallest absolute Gasteiger partial charge is 0.343 e. The number of allylic oxidation sites excluding steroid dienone is 1. The molecule has 1 aromatic carbocycles. The molecule has 1 atom stereocenters. The summed E-state index contributed by atoms with van der Waals surface area (Å²) in [4.78, 5) is 10.6. The number of carbonyl (C=O) groups is 1. The van der Waals surface area contributed by atoms with Crippen LogP contribution in [0.2, 0.25) is 0 Å². The first kappa shape index (κ1) is 10.7. The van der Waals surface area contributed by atoms with Gasteiger partial charge in [-0.25, -0.2) is 9.18 Å². The lowest BCUT2D eigenvalue weighted by atomic mass is 9.88. The SMILES string of the molecule is O=C(O)C(F)C1=CCCc2cccc(O)c21. The van der Waals surface area contributed by atoms with Crippen LogP contribution in [0, 0.1) is 0 Å². The number of aryl methyl sites for hydroxylation is 1. The number of phenols is 1. The van der Waals surface area contributed by atoms with E-state index < -0.39 is 12.1 Å². The Hall–Kier alpha value is -1.84. The molecule has 4 heteroatoms. The molecule has 0 saturated heterocycles. The van der Waals surface area contributed by atoms with Gasteiger partial charge in [-0.15, -0.1) is 0 Å². The number of halogens is 1. The largest absolute Gasteiger partial charge is 0.507 e. The monoisotopic (exact) mass is 222 g/mol. The van der Waals surface area contributed by atoms with Crippen LogP contribution in [-0.2, 0) is 11.2 Å². The van der Waals surface area contributed by atoms with Crippen molar-refractivity contribution < 1.29 is 19.4 Å². The van der Waals surface area contributed by atoms with Crippen LogP contribution in [0.15, 0.2) is 24.3 Å². The van der Waals surface area contributed by atoms with Crippen molar-refractivity contribution >= 4 is 11.5 Å². The predicted molar refractivity (Wildman–Crippen MR) is 56.9 cm³/mol. The van der Waals surface area contributed by atoms with Crippen molar-refractivity contribution in [2.75, 3.05) is 0 Å². The topological polar surface area (TPSA) is 57.5 Å². The summed E-state index contributed by atoms with van der Waals surface area (Å²) >= 11 is 0. The standard InChI is InChI=1S/C12H11FO3/c13-11(12(15)16)8-5-1-3-7-4-2-6-9(14)10(7)8/h2,4-6,11,14H,1,3H2,(H,15,16). The van der Waals surface area contributed by atoms with Gasteiger partial charge in [-0.1, -0.05) is 18.2 Å². The van der Waals surface area contributed by atoms with Crippen molar-refractivity contribution in [3.8, 4) is 5.75 Å². The van der Waals surface area contributed by atoms with Crippen LogP contribution in [0.1, 0.15) is 17.5 Å². The fraction of sp³-hybridized carbons (Fsp3) is 0.250. The highest BCUT2D eigenvalue weighted by atomic mass is 19.1. The Morgan fingerprint density at radius 2 is 2.19 bits per heavy atom. The molecule has 0 bridgehead atoms. The van der Waals surface area contributed by atoms with Crippen molar-refractivity contribution in [1.29, 1.82) is 0 Å². The fourth-order valence-corrected chi connectivity index (χ4v) is 1.98. The van der Waals surface area contributed by atoms with Crippen LogP contribution < -0.4 is 0 Å². The van der Waals surface area contributed by atoms with Gasteiger partial charge in [0.25, 0.3) is 0 Å². The number of benzene rings is 1. The van der Waals surface area contributed by atoms with Crippen LogP contribution in [-0.4, -0.2) is 22.4 Å². The van der Waals surface area contributed by atoms with E-state index in [1.54, 1.807) is 18.2 Å². The molecule has 84 valence electrons. The highest BCUT2D eigenvalue weighted by Crippen LogP contribution is 2.36. The number of rotatable bonds is 2. The summed E-state index contributed by atoms with van der Waals surface area (Å²) in [7, 11) is 0. The second-order valence-corrected chi connectivity index (χ2v) is 3.71. The maximum absolute atomic E-state index is 13.5. The van der Waals surface area contributed by atoms with Crippen molar-refractivity contribution in [1.82, 2.24) is 0 Å². The number of aromatic hydroxyl groups is 1. The lowest BCUT2D eigenvalue weighted by molar-refractivity contribution is -0.140. The molecule has 0 radical (unpaired) electrons. The van der Waals surface area contributed by atoms with E-state index in [9.17, 15) is 14.3 Å². The van der Waals surface area contributed by atoms with E-state index >= 15 is 0 Å². The second kappa shape index (κ2) is 3.96. The molecular formula is C12H11FO3. The van der Waals surface area contributed by atoms with Gasteiger partial charge in [-0.3, -0.25) is 0 Å². The number of carboxylic acid groups (broad SMARTS) is 1. The van der Waals surface area contributed by atoms with E-state index in [2.05, 4.69) is 0 Å². The molecule has 0 aliphatic heterocycles. The van der Waals surface area contributed by atoms with Crippen LogP contribution in [0.25, 0.3) is 5.57 Å². The number of alkyl halides is 1. The van der Waals surface area contributed by atoms with Gasteiger partial charge in [-0.2, -0.15) is 0 Å². The summed E-state index contributed by atoms with van der Waals surface area (Å²) in [5.41, 5.74) is 1.19. The van der Waals surface area contributed by atoms with Crippen molar-refractivity contribution in [3.05, 3.63) is 35.4 Å². The summed E-state index contributed by atoms with van der Waals surface area (Å²) in [6.07, 6.45) is 0.757. The Bertz CT molecular complexity index is 465. The minimum absolute atomic E-state index is 0.0619. The molecule has 1 unspecified atom stereocenters. The van der Waals surface area contributed by atoms with Crippen molar-refractivity contribution in [2.45, 2.75) is 19.0 Å². The molecule has 2 rings (SSSR count). The van der Waals surface area contributed by atoms with Crippen LogP contribution in [0.3, 0.4) is 0 Å². The lowest BCUT2D eigenvalue weighted by Gasteiger charge is -2.19. The van der Waals surface area contributed by atoms with Gasteiger partial charge in [-0.05, 0) is 24.5 Å². The van der Waals surface area contributed by atoms with E-state index in [0.29, 0.717) is 18.4 Å². The van der Waals surface area contributed by atoms with E-state index in [4.69, 9.17) is 5.11 Å². The van der Waals surface area contributed by atoms with Gasteiger partial charge in [0.05, 0.1) is 0 Å². The number of fused-ring (bicyclic) bond motifs is 1. The van der Waals surface area contributed by atoms with Crippen LogP contribution >= 0.6 is 0 Å². The van der Waals surface area contributed by atoms with E-state index in [-0.39, 0.29) is 11.3 Å². The van der Waals surface area contributed by atoms with E-state index in [0.717, 1.165) is 5.56 Å². The average molecular weight is 222 g/mol. The molecule has 16 heavy (non-hydrogen) atoms. The number of hydrogen-bond donors (Lipinski definition) is 2. The van der Waals surface area contributed by atoms with E-state index in [1.807, 2.05) is 0 Å². The van der Waals surface area contributed by atoms with Crippen LogP contribution in [0.5, 0.6) is 5.75 Å². The first-order valence-electron chi connectivity index (χ1n) is 4.99. The summed E-state index contributed by atoms with van der Waals surface area (Å²) in [6, 6.07) is 4.88. The molecule has 0 amide bonds. The summed E-state index contributed by atoms with van der Waals surface area (Å²) in [5.74, 6) is -1.59. The Labute approximate surface area is 91.8 Å². The highest BCUT2D eigenvalue weighted by Gasteiger charge is 2.27. The molecule has 0 spiro atoms. The van der Waals surface area contributed by atoms with Gasteiger partial charge < -0.3 is 10.2 Å². The zero-order valence-corrected chi connectivity index (χ0v) is 8.48. The minimum Gasteiger partial charge on any atom is -0.507 e. The maximum atomic E-state index is 13.5. The Kier molecular flexibility index (Phi) is 2.64. The van der Waals surface area contributed by atoms with Crippen molar-refractivity contribution in [3.63, 3.8) is 0 Å². The zero-order chi connectivity index (χ0) is 11.7. The number of hydrogen-bond acceptors (Lipinski definition) is 2. The molecule has 1 aliphatic carbocycles. The molecular weight excluding hydrogens is 211 g/mol. The number of aliphatic carboxylic acids is 1. The summed E-state index contributed by atoms with van der Waals surface area (Å²) < 4.78 is 13.5. The third-order valence-electron chi connectivity index (χ3n) is 2.69. The van der Waals surface area contributed by atoms with Gasteiger partial charge in [0.15, 0.2) is 0 Å². The van der Waals surface area contributed by atoms with Gasteiger partial charge >= 0.3 is 5.97 Å². The molecule has 2 N–H and O–H groups in total. The third kappa shape index (κ3) is 1.66. The highest BCUT2D eigenvalue weighted by molar-refractivity contribution is 5.92. The molecule has 3 nitrogen and oxygen atoms in total. The molecule has 0 fully saturated rings. The first-order chi connectivity index (χ1) is 7.61. The Morgan fingerprint density at radius 3 is 2.88 bits per heavy atom. The van der Waals surface area contributed by atoms with Gasteiger partial charge in [0, 0.05) is 11.1 Å².